The van der Waals surface area contributed by atoms with Gasteiger partial charge in [0.2, 0.25) is 0 Å². The number of hydrazine groups is 1. The van der Waals surface area contributed by atoms with E-state index in [1.165, 1.54) is 5.01 Å². The molecule has 0 unspecified atom stereocenters. The Morgan fingerprint density at radius 1 is 1.32 bits per heavy atom. The molecule has 1 aromatic rings. The molecule has 0 radical (unpaired) electrons. The summed E-state index contributed by atoms with van der Waals surface area (Å²) in [6.07, 6.45) is 0. The van der Waals surface area contributed by atoms with Gasteiger partial charge in [-0.2, -0.15) is 0 Å². The van der Waals surface area contributed by atoms with Crippen LogP contribution in [0.25, 0.3) is 0 Å². The Bertz CT molecular complexity index is 470. The average Bonchev–Trinajstić information content (AvgIpc) is 2.40. The van der Waals surface area contributed by atoms with E-state index in [-0.39, 0.29) is 11.5 Å². The Hall–Kier alpha value is -2.41. The Kier molecular flexibility index (Phi) is 5.01. The molecule has 0 aliphatic rings. The number of nitrogens with one attached hydrogen (secondary N) is 1. The highest BCUT2D eigenvalue weighted by atomic mass is 16.5. The number of carbonyl (C=O) groups is 1. The SMILES string of the molecule is CN/C(=C(/N)C(N)=O)N(N)Cc1ccc(OC)cc1. The van der Waals surface area contributed by atoms with Gasteiger partial charge in [0, 0.05) is 7.05 Å². The van der Waals surface area contributed by atoms with Crippen LogP contribution in [-0.4, -0.2) is 25.1 Å². The van der Waals surface area contributed by atoms with Crippen molar-refractivity contribution in [3.8, 4) is 5.75 Å². The fourth-order valence-corrected chi connectivity index (χ4v) is 1.56. The van der Waals surface area contributed by atoms with Crippen LogP contribution in [0.15, 0.2) is 35.8 Å². The number of rotatable bonds is 6. The monoisotopic (exact) mass is 265 g/mol. The highest BCUT2D eigenvalue weighted by Crippen LogP contribution is 2.13. The first-order valence-corrected chi connectivity index (χ1v) is 5.62. The van der Waals surface area contributed by atoms with Crippen molar-refractivity contribution in [2.24, 2.45) is 17.3 Å². The molecule has 0 saturated heterocycles. The molecule has 0 aliphatic heterocycles. The van der Waals surface area contributed by atoms with Gasteiger partial charge >= 0.3 is 0 Å². The van der Waals surface area contributed by atoms with Crippen molar-refractivity contribution < 1.29 is 9.53 Å². The molecule has 7 heteroatoms. The van der Waals surface area contributed by atoms with E-state index in [0.29, 0.717) is 6.54 Å². The van der Waals surface area contributed by atoms with Crippen molar-refractivity contribution in [1.82, 2.24) is 10.3 Å². The molecule has 1 amide bonds. The number of nitrogens with two attached hydrogens (primary N) is 3. The zero-order valence-corrected chi connectivity index (χ0v) is 11.0. The van der Waals surface area contributed by atoms with E-state index < -0.39 is 5.91 Å². The van der Waals surface area contributed by atoms with E-state index in [1.807, 2.05) is 24.3 Å². The minimum absolute atomic E-state index is 0.112. The van der Waals surface area contributed by atoms with Gasteiger partial charge in [-0.1, -0.05) is 12.1 Å². The predicted octanol–water partition coefficient (Wildman–Crippen LogP) is -0.797. The van der Waals surface area contributed by atoms with E-state index >= 15 is 0 Å². The van der Waals surface area contributed by atoms with Crippen molar-refractivity contribution in [3.05, 3.63) is 41.3 Å². The van der Waals surface area contributed by atoms with Gasteiger partial charge < -0.3 is 21.5 Å². The second kappa shape index (κ2) is 6.50. The number of nitrogens with zero attached hydrogens (tertiary/aromatic N) is 1. The predicted molar refractivity (Wildman–Crippen MR) is 72.2 cm³/mol. The lowest BCUT2D eigenvalue weighted by Crippen LogP contribution is -2.40. The lowest BCUT2D eigenvalue weighted by Gasteiger charge is -2.23. The molecule has 0 aromatic heterocycles. The molecule has 1 aromatic carbocycles. The molecule has 0 fully saturated rings. The number of hydrogen-bond acceptors (Lipinski definition) is 6. The van der Waals surface area contributed by atoms with Gasteiger partial charge in [-0.05, 0) is 17.7 Å². The van der Waals surface area contributed by atoms with Gasteiger partial charge in [0.1, 0.15) is 17.3 Å². The van der Waals surface area contributed by atoms with Crippen molar-refractivity contribution >= 4 is 5.91 Å². The van der Waals surface area contributed by atoms with Crippen LogP contribution in [0.2, 0.25) is 0 Å². The maximum absolute atomic E-state index is 11.0. The average molecular weight is 265 g/mol. The Morgan fingerprint density at radius 3 is 2.32 bits per heavy atom. The molecule has 0 saturated carbocycles. The molecular formula is C12H19N5O2. The fourth-order valence-electron chi connectivity index (χ4n) is 1.56. The van der Waals surface area contributed by atoms with Crippen LogP contribution < -0.4 is 27.4 Å². The van der Waals surface area contributed by atoms with Crippen molar-refractivity contribution in [1.29, 1.82) is 0 Å². The van der Waals surface area contributed by atoms with E-state index in [0.717, 1.165) is 11.3 Å². The number of methoxy groups -OCH3 is 1. The largest absolute Gasteiger partial charge is 0.497 e. The molecular weight excluding hydrogens is 246 g/mol. The summed E-state index contributed by atoms with van der Waals surface area (Å²) in [6.45, 7) is 0.369. The fraction of sp³-hybridized carbons (Fsp3) is 0.250. The zero-order chi connectivity index (χ0) is 14.4. The summed E-state index contributed by atoms with van der Waals surface area (Å²) in [5.74, 6) is 6.17. The summed E-state index contributed by atoms with van der Waals surface area (Å²) in [7, 11) is 3.21. The molecule has 0 atom stereocenters. The first kappa shape index (κ1) is 14.7. The number of carbonyl (C=O) groups excluding carboxylic acids is 1. The highest BCUT2D eigenvalue weighted by Gasteiger charge is 2.13. The summed E-state index contributed by atoms with van der Waals surface area (Å²) < 4.78 is 5.06. The van der Waals surface area contributed by atoms with E-state index in [4.69, 9.17) is 22.0 Å². The van der Waals surface area contributed by atoms with Gasteiger partial charge in [-0.15, -0.1) is 0 Å². The minimum Gasteiger partial charge on any atom is -0.497 e. The van der Waals surface area contributed by atoms with E-state index in [9.17, 15) is 4.79 Å². The molecule has 19 heavy (non-hydrogen) atoms. The van der Waals surface area contributed by atoms with Crippen molar-refractivity contribution in [2.75, 3.05) is 14.2 Å². The molecule has 7 nitrogen and oxygen atoms in total. The van der Waals surface area contributed by atoms with Crippen LogP contribution in [0.1, 0.15) is 5.56 Å². The van der Waals surface area contributed by atoms with E-state index in [1.54, 1.807) is 14.2 Å². The quantitative estimate of drug-likeness (QED) is 0.304. The minimum atomic E-state index is -0.727. The van der Waals surface area contributed by atoms with Crippen LogP contribution in [0.4, 0.5) is 0 Å². The normalized spacial score (nSPS) is 11.5. The zero-order valence-electron chi connectivity index (χ0n) is 11.0. The Morgan fingerprint density at radius 2 is 1.89 bits per heavy atom. The summed E-state index contributed by atoms with van der Waals surface area (Å²) in [6, 6.07) is 7.38. The van der Waals surface area contributed by atoms with Crippen LogP contribution >= 0.6 is 0 Å². The lowest BCUT2D eigenvalue weighted by molar-refractivity contribution is -0.114. The number of primary amides is 1. The third kappa shape index (κ3) is 3.78. The van der Waals surface area contributed by atoms with Crippen molar-refractivity contribution in [2.45, 2.75) is 6.54 Å². The third-order valence-corrected chi connectivity index (χ3v) is 2.56. The second-order valence-electron chi connectivity index (χ2n) is 3.85. The van der Waals surface area contributed by atoms with Gasteiger partial charge in [0.25, 0.3) is 5.91 Å². The summed E-state index contributed by atoms with van der Waals surface area (Å²) in [5, 5.41) is 4.08. The molecule has 0 aliphatic carbocycles. The first-order valence-electron chi connectivity index (χ1n) is 5.62. The smallest absolute Gasteiger partial charge is 0.268 e. The Balaban J connectivity index is 2.85. The second-order valence-corrected chi connectivity index (χ2v) is 3.85. The highest BCUT2D eigenvalue weighted by molar-refractivity contribution is 5.91. The van der Waals surface area contributed by atoms with Crippen LogP contribution in [0, 0.1) is 0 Å². The van der Waals surface area contributed by atoms with Gasteiger partial charge in [0.05, 0.1) is 13.7 Å². The third-order valence-electron chi connectivity index (χ3n) is 2.56. The standard InChI is InChI=1S/C12H19N5O2/c1-16-12(10(13)11(14)18)17(15)7-8-3-5-9(19-2)6-4-8/h3-6,16H,7,13,15H2,1-2H3,(H2,14,18)/b12-10-. The molecule has 104 valence electrons. The van der Waals surface area contributed by atoms with Gasteiger partial charge in [-0.3, -0.25) is 9.80 Å². The van der Waals surface area contributed by atoms with Crippen LogP contribution in [0.3, 0.4) is 0 Å². The van der Waals surface area contributed by atoms with Crippen molar-refractivity contribution in [3.63, 3.8) is 0 Å². The molecule has 1 rings (SSSR count). The maximum Gasteiger partial charge on any atom is 0.268 e. The molecule has 0 bridgehead atoms. The number of ether oxygens (including phenoxy) is 1. The van der Waals surface area contributed by atoms with Crippen LogP contribution in [0.5, 0.6) is 5.75 Å². The summed E-state index contributed by atoms with van der Waals surface area (Å²) >= 11 is 0. The molecule has 0 spiro atoms. The summed E-state index contributed by atoms with van der Waals surface area (Å²) in [4.78, 5) is 11.0. The van der Waals surface area contributed by atoms with Gasteiger partial charge in [-0.25, -0.2) is 5.84 Å². The number of benzene rings is 1. The summed E-state index contributed by atoms with van der Waals surface area (Å²) in [5.41, 5.74) is 11.5. The molecule has 0 heterocycles. The van der Waals surface area contributed by atoms with E-state index in [2.05, 4.69) is 5.32 Å². The molecule has 7 N–H and O–H groups in total. The topological polar surface area (TPSA) is 120 Å². The lowest BCUT2D eigenvalue weighted by atomic mass is 10.2. The van der Waals surface area contributed by atoms with Gasteiger partial charge in [0.15, 0.2) is 0 Å². The number of hydrogen-bond donors (Lipinski definition) is 4. The first-order chi connectivity index (χ1) is 8.99. The number of amides is 1. The van der Waals surface area contributed by atoms with Crippen LogP contribution in [-0.2, 0) is 11.3 Å². The maximum atomic E-state index is 11.0. The Labute approximate surface area is 112 Å².